The fraction of sp³-hybridized carbons (Fsp3) is 0.571. The molecular formula is C28H42O2. The van der Waals surface area contributed by atoms with Crippen LogP contribution in [0.15, 0.2) is 36.4 Å². The van der Waals surface area contributed by atoms with E-state index in [4.69, 9.17) is 0 Å². The zero-order chi connectivity index (χ0) is 21.6. The van der Waals surface area contributed by atoms with Gasteiger partial charge in [0.25, 0.3) is 0 Å². The van der Waals surface area contributed by atoms with E-state index >= 15 is 0 Å². The zero-order valence-corrected chi connectivity index (χ0v) is 19.3. The van der Waals surface area contributed by atoms with Crippen molar-refractivity contribution in [3.05, 3.63) is 47.5 Å². The second kappa shape index (κ2) is 14.1. The van der Waals surface area contributed by atoms with Gasteiger partial charge in [-0.15, -0.1) is 0 Å². The molecule has 2 N–H and O–H groups in total. The lowest BCUT2D eigenvalue weighted by molar-refractivity contribution is 0.467. The van der Waals surface area contributed by atoms with Gasteiger partial charge in [-0.25, -0.2) is 0 Å². The molecular weight excluding hydrogens is 368 g/mol. The maximum Gasteiger partial charge on any atom is 0.123 e. The van der Waals surface area contributed by atoms with Crippen molar-refractivity contribution in [2.75, 3.05) is 0 Å². The SMILES string of the molecule is CCCCCCCCc1cccc(O)c1-c1c(O)cccc1CCCCCCCC. The molecule has 0 radical (unpaired) electrons. The molecule has 0 aliphatic carbocycles. The predicted octanol–water partition coefficient (Wildman–Crippen LogP) is 8.57. The number of hydrogen-bond acceptors (Lipinski definition) is 2. The van der Waals surface area contributed by atoms with Crippen molar-refractivity contribution in [2.24, 2.45) is 0 Å². The number of unbranched alkanes of at least 4 members (excludes halogenated alkanes) is 10. The highest BCUT2D eigenvalue weighted by atomic mass is 16.3. The van der Waals surface area contributed by atoms with Crippen molar-refractivity contribution >= 4 is 0 Å². The van der Waals surface area contributed by atoms with Crippen LogP contribution < -0.4 is 0 Å². The molecule has 2 heteroatoms. The topological polar surface area (TPSA) is 40.5 Å². The average Bonchev–Trinajstić information content (AvgIpc) is 2.74. The van der Waals surface area contributed by atoms with E-state index in [1.807, 2.05) is 12.1 Å². The number of hydrogen-bond donors (Lipinski definition) is 2. The summed E-state index contributed by atoms with van der Waals surface area (Å²) >= 11 is 0. The molecule has 0 amide bonds. The van der Waals surface area contributed by atoms with Crippen LogP contribution >= 0.6 is 0 Å². The molecule has 0 saturated heterocycles. The van der Waals surface area contributed by atoms with Crippen LogP contribution in [0.4, 0.5) is 0 Å². The first kappa shape index (κ1) is 24.3. The van der Waals surface area contributed by atoms with E-state index in [0.717, 1.165) is 47.9 Å². The Balaban J connectivity index is 2.11. The molecule has 0 aromatic heterocycles. The minimum atomic E-state index is 0.282. The van der Waals surface area contributed by atoms with Gasteiger partial charge in [0.05, 0.1) is 0 Å². The molecule has 2 aromatic carbocycles. The highest BCUT2D eigenvalue weighted by Crippen LogP contribution is 2.41. The average molecular weight is 411 g/mol. The van der Waals surface area contributed by atoms with Crippen LogP contribution in [0.3, 0.4) is 0 Å². The minimum Gasteiger partial charge on any atom is -0.507 e. The van der Waals surface area contributed by atoms with Gasteiger partial charge >= 0.3 is 0 Å². The smallest absolute Gasteiger partial charge is 0.123 e. The molecule has 0 spiro atoms. The van der Waals surface area contributed by atoms with Crippen molar-refractivity contribution in [2.45, 2.75) is 104 Å². The summed E-state index contributed by atoms with van der Waals surface area (Å²) in [7, 11) is 0. The Kier molecular flexibility index (Phi) is 11.4. The fourth-order valence-corrected chi connectivity index (χ4v) is 4.36. The Labute approximate surface area is 184 Å². The summed E-state index contributed by atoms with van der Waals surface area (Å²) in [6.07, 6.45) is 16.9. The third kappa shape index (κ3) is 7.70. The number of rotatable bonds is 15. The molecule has 0 aliphatic heterocycles. The van der Waals surface area contributed by atoms with Crippen LogP contribution in [-0.2, 0) is 12.8 Å². The first-order valence-corrected chi connectivity index (χ1v) is 12.3. The summed E-state index contributed by atoms with van der Waals surface area (Å²) in [5.74, 6) is 0.563. The minimum absolute atomic E-state index is 0.282. The van der Waals surface area contributed by atoms with Crippen LogP contribution in [0.1, 0.15) is 102 Å². The lowest BCUT2D eigenvalue weighted by atomic mass is 9.89. The van der Waals surface area contributed by atoms with E-state index in [0.29, 0.717) is 0 Å². The number of phenolic OH excluding ortho intramolecular Hbond substituents is 2. The highest BCUT2D eigenvalue weighted by molar-refractivity contribution is 5.81. The predicted molar refractivity (Wildman–Crippen MR) is 129 cm³/mol. The summed E-state index contributed by atoms with van der Waals surface area (Å²) in [4.78, 5) is 0. The summed E-state index contributed by atoms with van der Waals surface area (Å²) in [5.41, 5.74) is 3.97. The summed E-state index contributed by atoms with van der Waals surface area (Å²) in [5, 5.41) is 21.4. The molecule has 2 aromatic rings. The molecule has 2 rings (SSSR count). The molecule has 30 heavy (non-hydrogen) atoms. The Morgan fingerprint density at radius 1 is 0.500 bits per heavy atom. The quantitative estimate of drug-likeness (QED) is 0.289. The first-order chi connectivity index (χ1) is 14.7. The van der Waals surface area contributed by atoms with Gasteiger partial charge in [0.1, 0.15) is 11.5 Å². The number of phenols is 2. The standard InChI is InChI=1S/C28H42O2/c1-3-5-7-9-11-13-17-23-19-15-21-25(29)27(23)28-24(20-16-22-26(28)30)18-14-12-10-8-6-4-2/h15-16,19-22,29-30H,3-14,17-18H2,1-2H3. The number of aryl methyl sites for hydroxylation is 2. The summed E-state index contributed by atoms with van der Waals surface area (Å²) in [6, 6.07) is 11.6. The monoisotopic (exact) mass is 410 g/mol. The third-order valence-electron chi connectivity index (χ3n) is 6.11. The highest BCUT2D eigenvalue weighted by Gasteiger charge is 2.17. The van der Waals surface area contributed by atoms with E-state index in [1.54, 1.807) is 12.1 Å². The van der Waals surface area contributed by atoms with Gasteiger partial charge in [-0.1, -0.05) is 102 Å². The van der Waals surface area contributed by atoms with Crippen LogP contribution in [0.25, 0.3) is 11.1 Å². The van der Waals surface area contributed by atoms with Gasteiger partial charge in [-0.3, -0.25) is 0 Å². The Hall–Kier alpha value is -1.96. The maximum atomic E-state index is 10.7. The molecule has 0 unspecified atom stereocenters. The molecule has 2 nitrogen and oxygen atoms in total. The normalized spacial score (nSPS) is 11.1. The number of aromatic hydroxyl groups is 2. The van der Waals surface area contributed by atoms with Gasteiger partial charge in [0, 0.05) is 11.1 Å². The van der Waals surface area contributed by atoms with E-state index < -0.39 is 0 Å². The number of benzene rings is 2. The van der Waals surface area contributed by atoms with Gasteiger partial charge in [-0.2, -0.15) is 0 Å². The second-order valence-electron chi connectivity index (χ2n) is 8.66. The van der Waals surface area contributed by atoms with Crippen molar-refractivity contribution in [3.8, 4) is 22.6 Å². The Morgan fingerprint density at radius 3 is 1.27 bits per heavy atom. The third-order valence-corrected chi connectivity index (χ3v) is 6.11. The van der Waals surface area contributed by atoms with E-state index in [-0.39, 0.29) is 11.5 Å². The molecule has 0 saturated carbocycles. The molecule has 0 bridgehead atoms. The van der Waals surface area contributed by atoms with E-state index in [9.17, 15) is 10.2 Å². The first-order valence-electron chi connectivity index (χ1n) is 12.3. The molecule has 0 aliphatic rings. The Morgan fingerprint density at radius 2 is 0.867 bits per heavy atom. The lowest BCUT2D eigenvalue weighted by Gasteiger charge is -2.17. The molecule has 0 heterocycles. The summed E-state index contributed by atoms with van der Waals surface area (Å²) < 4.78 is 0. The van der Waals surface area contributed by atoms with Crippen LogP contribution in [-0.4, -0.2) is 10.2 Å². The maximum absolute atomic E-state index is 10.7. The molecule has 166 valence electrons. The van der Waals surface area contributed by atoms with E-state index in [1.165, 1.54) is 64.2 Å². The van der Waals surface area contributed by atoms with Gasteiger partial charge in [-0.05, 0) is 48.9 Å². The van der Waals surface area contributed by atoms with Gasteiger partial charge < -0.3 is 10.2 Å². The van der Waals surface area contributed by atoms with Crippen molar-refractivity contribution in [1.29, 1.82) is 0 Å². The van der Waals surface area contributed by atoms with Crippen LogP contribution in [0.5, 0.6) is 11.5 Å². The molecule has 0 atom stereocenters. The van der Waals surface area contributed by atoms with Crippen molar-refractivity contribution in [1.82, 2.24) is 0 Å². The van der Waals surface area contributed by atoms with Crippen LogP contribution in [0, 0.1) is 0 Å². The zero-order valence-electron chi connectivity index (χ0n) is 19.3. The van der Waals surface area contributed by atoms with Crippen molar-refractivity contribution < 1.29 is 10.2 Å². The molecule has 0 fully saturated rings. The lowest BCUT2D eigenvalue weighted by Crippen LogP contribution is -1.97. The summed E-state index contributed by atoms with van der Waals surface area (Å²) in [6.45, 7) is 4.49. The van der Waals surface area contributed by atoms with Crippen molar-refractivity contribution in [3.63, 3.8) is 0 Å². The second-order valence-corrected chi connectivity index (χ2v) is 8.66. The fourth-order valence-electron chi connectivity index (χ4n) is 4.36. The van der Waals surface area contributed by atoms with Gasteiger partial charge in [0.2, 0.25) is 0 Å². The largest absolute Gasteiger partial charge is 0.507 e. The van der Waals surface area contributed by atoms with Gasteiger partial charge in [0.15, 0.2) is 0 Å². The van der Waals surface area contributed by atoms with E-state index in [2.05, 4.69) is 26.0 Å². The Bertz CT molecular complexity index is 672. The van der Waals surface area contributed by atoms with Crippen LogP contribution in [0.2, 0.25) is 0 Å².